The van der Waals surface area contributed by atoms with Crippen LogP contribution in [0, 0.1) is 0 Å². The average molecular weight is 372 g/mol. The fourth-order valence-corrected chi connectivity index (χ4v) is 3.02. The van der Waals surface area contributed by atoms with Gasteiger partial charge < -0.3 is 29.9 Å². The van der Waals surface area contributed by atoms with Gasteiger partial charge in [0, 0.05) is 6.61 Å². The summed E-state index contributed by atoms with van der Waals surface area (Å²) in [6.45, 7) is 2.15. The number of ether oxygens (including phenoxy) is 2. The molecule has 5 atom stereocenters. The van der Waals surface area contributed by atoms with E-state index in [1.165, 1.54) is 51.4 Å². The first-order chi connectivity index (χ1) is 11.6. The van der Waals surface area contributed by atoms with Gasteiger partial charge in [-0.15, -0.1) is 0 Å². The monoisotopic (exact) mass is 372 g/mol. The van der Waals surface area contributed by atoms with Crippen molar-refractivity contribution in [3.05, 3.63) is 0 Å². The van der Waals surface area contributed by atoms with Gasteiger partial charge in [0.2, 0.25) is 0 Å². The second kappa shape index (κ2) is 15.8. The molecule has 6 nitrogen and oxygen atoms in total. The third-order valence-corrected chi connectivity index (χ3v) is 4.60. The third kappa shape index (κ3) is 10.0. The summed E-state index contributed by atoms with van der Waals surface area (Å²) in [4.78, 5) is 0. The molecule has 0 aromatic rings. The number of hydrogen-bond donors (Lipinski definition) is 4. The molecule has 146 valence electrons. The first-order valence-electron chi connectivity index (χ1n) is 9.54. The molecule has 0 unspecified atom stereocenters. The Morgan fingerprint density at radius 2 is 1.40 bits per heavy atom. The van der Waals surface area contributed by atoms with Gasteiger partial charge in [-0.25, -0.2) is 0 Å². The van der Waals surface area contributed by atoms with Gasteiger partial charge in [-0.2, -0.15) is 0 Å². The van der Waals surface area contributed by atoms with Gasteiger partial charge >= 0.3 is 29.6 Å². The van der Waals surface area contributed by atoms with Crippen LogP contribution in [0.4, 0.5) is 0 Å². The van der Waals surface area contributed by atoms with Crippen LogP contribution in [0.3, 0.4) is 0 Å². The zero-order valence-electron chi connectivity index (χ0n) is 15.0. The molecule has 4 N–H and O–H groups in total. The van der Waals surface area contributed by atoms with Crippen molar-refractivity contribution < 1.29 is 29.9 Å². The zero-order chi connectivity index (χ0) is 17.8. The molecule has 0 aromatic heterocycles. The van der Waals surface area contributed by atoms with E-state index < -0.39 is 37.3 Å². The van der Waals surface area contributed by atoms with Crippen molar-refractivity contribution in [2.24, 2.45) is 0 Å². The maximum atomic E-state index is 9.84. The van der Waals surface area contributed by atoms with Crippen molar-refractivity contribution >= 4 is 29.6 Å². The van der Waals surface area contributed by atoms with E-state index in [1.54, 1.807) is 0 Å². The number of unbranched alkanes of at least 4 members (excludes halogenated alkanes) is 9. The second-order valence-corrected chi connectivity index (χ2v) is 6.75. The molecule has 1 aliphatic heterocycles. The van der Waals surface area contributed by atoms with Crippen LogP contribution in [0.1, 0.15) is 71.1 Å². The van der Waals surface area contributed by atoms with Gasteiger partial charge in [-0.05, 0) is 6.42 Å². The Bertz CT molecular complexity index is 307. The van der Waals surface area contributed by atoms with E-state index in [4.69, 9.17) is 14.6 Å². The topological polar surface area (TPSA) is 99.4 Å². The number of hydrogen-bond acceptors (Lipinski definition) is 6. The third-order valence-electron chi connectivity index (χ3n) is 4.60. The van der Waals surface area contributed by atoms with Crippen molar-refractivity contribution in [1.29, 1.82) is 0 Å². The zero-order valence-corrected chi connectivity index (χ0v) is 15.0. The molecular formula is C18H37NaO6. The molecule has 1 saturated heterocycles. The van der Waals surface area contributed by atoms with Crippen LogP contribution in [0.15, 0.2) is 0 Å². The molecule has 1 aliphatic rings. The van der Waals surface area contributed by atoms with E-state index in [9.17, 15) is 15.3 Å². The van der Waals surface area contributed by atoms with Gasteiger partial charge in [-0.1, -0.05) is 64.7 Å². The molecule has 0 radical (unpaired) electrons. The molecule has 7 heteroatoms. The maximum absolute atomic E-state index is 9.84. The summed E-state index contributed by atoms with van der Waals surface area (Å²) < 4.78 is 10.8. The van der Waals surface area contributed by atoms with Crippen molar-refractivity contribution in [3.63, 3.8) is 0 Å². The normalized spacial score (nSPS) is 27.2. The van der Waals surface area contributed by atoms with E-state index in [1.807, 2.05) is 0 Å². The summed E-state index contributed by atoms with van der Waals surface area (Å²) in [6.07, 6.45) is 6.72. The van der Waals surface area contributed by atoms with Crippen LogP contribution >= 0.6 is 0 Å². The molecule has 0 aliphatic carbocycles. The van der Waals surface area contributed by atoms with Crippen LogP contribution in [-0.2, 0) is 9.47 Å². The van der Waals surface area contributed by atoms with Gasteiger partial charge in [0.05, 0.1) is 6.61 Å². The Morgan fingerprint density at radius 1 is 0.880 bits per heavy atom. The van der Waals surface area contributed by atoms with Crippen LogP contribution < -0.4 is 0 Å². The molecule has 25 heavy (non-hydrogen) atoms. The van der Waals surface area contributed by atoms with Gasteiger partial charge in [0.25, 0.3) is 0 Å². The molecular weight excluding hydrogens is 335 g/mol. The molecule has 0 bridgehead atoms. The molecule has 0 amide bonds. The van der Waals surface area contributed by atoms with Crippen LogP contribution in [0.2, 0.25) is 0 Å². The SMILES string of the molecule is CCCCCCCCCCCCO[C@H]1O[C@@H]([C@@H](O)CO)[C@H](O)[C@H]1O.[NaH]. The minimum atomic E-state index is -1.25. The van der Waals surface area contributed by atoms with Crippen LogP contribution in [0.5, 0.6) is 0 Å². The first-order valence-corrected chi connectivity index (χ1v) is 9.54. The van der Waals surface area contributed by atoms with Gasteiger partial charge in [-0.3, -0.25) is 0 Å². The molecule has 1 rings (SSSR count). The Morgan fingerprint density at radius 3 is 1.92 bits per heavy atom. The number of aliphatic hydroxyl groups excluding tert-OH is 4. The fourth-order valence-electron chi connectivity index (χ4n) is 3.02. The van der Waals surface area contributed by atoms with Crippen molar-refractivity contribution in [2.75, 3.05) is 13.2 Å². The average Bonchev–Trinajstić information content (AvgIpc) is 2.87. The molecule has 0 aromatic carbocycles. The summed E-state index contributed by atoms with van der Waals surface area (Å²) >= 11 is 0. The Labute approximate surface area is 174 Å². The molecule has 0 saturated carbocycles. The van der Waals surface area contributed by atoms with Crippen molar-refractivity contribution in [1.82, 2.24) is 0 Å². The van der Waals surface area contributed by atoms with Crippen molar-refractivity contribution in [3.8, 4) is 0 Å². The van der Waals surface area contributed by atoms with E-state index >= 15 is 0 Å². The van der Waals surface area contributed by atoms with Crippen LogP contribution in [-0.4, -0.2) is 93.9 Å². The minimum absolute atomic E-state index is 0. The van der Waals surface area contributed by atoms with E-state index in [-0.39, 0.29) is 29.6 Å². The van der Waals surface area contributed by atoms with Gasteiger partial charge in [0.15, 0.2) is 6.29 Å². The second-order valence-electron chi connectivity index (χ2n) is 6.75. The number of aliphatic hydroxyl groups is 4. The first kappa shape index (κ1) is 25.8. The Kier molecular flexibility index (Phi) is 16.3. The summed E-state index contributed by atoms with van der Waals surface area (Å²) in [5, 5.41) is 38.0. The fraction of sp³-hybridized carbons (Fsp3) is 1.00. The summed E-state index contributed by atoms with van der Waals surface area (Å²) in [5.41, 5.74) is 0. The molecule has 1 fully saturated rings. The Balaban J connectivity index is 0.00000576. The Hall–Kier alpha value is 0.760. The quantitative estimate of drug-likeness (QED) is 0.269. The summed E-state index contributed by atoms with van der Waals surface area (Å²) in [7, 11) is 0. The van der Waals surface area contributed by atoms with E-state index in [0.29, 0.717) is 6.61 Å². The number of rotatable bonds is 14. The molecule has 0 spiro atoms. The summed E-state index contributed by atoms with van der Waals surface area (Å²) in [6, 6.07) is 0. The predicted molar refractivity (Wildman–Crippen MR) is 98.7 cm³/mol. The predicted octanol–water partition coefficient (Wildman–Crippen LogP) is 1.08. The van der Waals surface area contributed by atoms with Crippen LogP contribution in [0.25, 0.3) is 0 Å². The van der Waals surface area contributed by atoms with Crippen molar-refractivity contribution in [2.45, 2.75) is 102 Å². The molecule has 1 heterocycles. The van der Waals surface area contributed by atoms with E-state index in [2.05, 4.69) is 6.92 Å². The van der Waals surface area contributed by atoms with E-state index in [0.717, 1.165) is 12.8 Å². The van der Waals surface area contributed by atoms with Gasteiger partial charge in [0.1, 0.15) is 24.4 Å². The standard InChI is InChI=1S/C18H36O6.Na.H/c1-2-3-4-5-6-7-8-9-10-11-12-23-18-16(22)15(21)17(24-18)14(20)13-19;;/h14-22H,2-13H2,1H3;;/t14-,15+,16+,17-,18-;;/m0../s1. The summed E-state index contributed by atoms with van der Waals surface area (Å²) in [5.74, 6) is 0.